The van der Waals surface area contributed by atoms with Gasteiger partial charge in [0.05, 0.1) is 6.61 Å². The van der Waals surface area contributed by atoms with Crippen molar-refractivity contribution in [1.29, 1.82) is 0 Å². The molecule has 4 rings (SSSR count). The van der Waals surface area contributed by atoms with Crippen molar-refractivity contribution in [3.63, 3.8) is 0 Å². The van der Waals surface area contributed by atoms with Gasteiger partial charge in [0.1, 0.15) is 11.6 Å². The van der Waals surface area contributed by atoms with E-state index in [0.717, 1.165) is 70.2 Å². The maximum Gasteiger partial charge on any atom is 0.317 e. The monoisotopic (exact) mass is 333 g/mol. The molecule has 1 aromatic rings. The normalized spacial score (nSPS) is 26.6. The standard InChI is InChI=1S/C17H27N5O2/c23-16(21-10-6-17(12-21)7-11-24-13-17)18-8-5-15-20-19-14-4-2-1-3-9-22(14)15/h1-13H2,(H,18,23)/t17-/m0/s1. The summed E-state index contributed by atoms with van der Waals surface area (Å²) in [4.78, 5) is 14.3. The first-order chi connectivity index (χ1) is 11.8. The van der Waals surface area contributed by atoms with Crippen LogP contribution in [-0.2, 0) is 24.1 Å². The van der Waals surface area contributed by atoms with Gasteiger partial charge in [-0.15, -0.1) is 10.2 Å². The Morgan fingerprint density at radius 3 is 3.04 bits per heavy atom. The molecule has 1 N–H and O–H groups in total. The number of amides is 2. The Hall–Kier alpha value is -1.63. The zero-order chi connectivity index (χ0) is 16.4. The van der Waals surface area contributed by atoms with E-state index in [4.69, 9.17) is 4.74 Å². The summed E-state index contributed by atoms with van der Waals surface area (Å²) in [5.74, 6) is 2.12. The molecule has 4 heterocycles. The Morgan fingerprint density at radius 1 is 1.21 bits per heavy atom. The predicted octanol–water partition coefficient (Wildman–Crippen LogP) is 1.37. The molecule has 1 atom stereocenters. The summed E-state index contributed by atoms with van der Waals surface area (Å²) in [6.07, 6.45) is 7.59. The molecule has 0 aromatic carbocycles. The minimum absolute atomic E-state index is 0.0504. The second kappa shape index (κ2) is 6.70. The van der Waals surface area contributed by atoms with Crippen LogP contribution >= 0.6 is 0 Å². The summed E-state index contributed by atoms with van der Waals surface area (Å²) in [5, 5.41) is 11.7. The molecule has 132 valence electrons. The lowest BCUT2D eigenvalue weighted by Crippen LogP contribution is -2.40. The molecule has 3 aliphatic rings. The lowest BCUT2D eigenvalue weighted by atomic mass is 9.87. The van der Waals surface area contributed by atoms with Gasteiger partial charge in [0.2, 0.25) is 0 Å². The predicted molar refractivity (Wildman–Crippen MR) is 88.7 cm³/mol. The Balaban J connectivity index is 1.27. The maximum atomic E-state index is 12.4. The number of carbonyl (C=O) groups excluding carboxylic acids is 1. The van der Waals surface area contributed by atoms with Gasteiger partial charge in [0.25, 0.3) is 0 Å². The van der Waals surface area contributed by atoms with Crippen LogP contribution in [0.1, 0.15) is 43.8 Å². The van der Waals surface area contributed by atoms with E-state index in [9.17, 15) is 4.79 Å². The zero-order valence-electron chi connectivity index (χ0n) is 14.3. The van der Waals surface area contributed by atoms with Crippen molar-refractivity contribution in [3.8, 4) is 0 Å². The third-order valence-corrected chi connectivity index (χ3v) is 5.72. The number of carbonyl (C=O) groups is 1. The van der Waals surface area contributed by atoms with Gasteiger partial charge in [-0.3, -0.25) is 0 Å². The third kappa shape index (κ3) is 3.14. The van der Waals surface area contributed by atoms with Gasteiger partial charge in [-0.2, -0.15) is 0 Å². The topological polar surface area (TPSA) is 72.3 Å². The highest BCUT2D eigenvalue weighted by Crippen LogP contribution is 2.38. The zero-order valence-corrected chi connectivity index (χ0v) is 14.3. The van der Waals surface area contributed by atoms with Crippen molar-refractivity contribution in [2.45, 2.75) is 51.5 Å². The Kier molecular flexibility index (Phi) is 4.43. The van der Waals surface area contributed by atoms with Crippen LogP contribution in [0, 0.1) is 5.41 Å². The lowest BCUT2D eigenvalue weighted by Gasteiger charge is -2.22. The van der Waals surface area contributed by atoms with Crippen molar-refractivity contribution >= 4 is 6.03 Å². The van der Waals surface area contributed by atoms with Crippen LogP contribution in [0.15, 0.2) is 0 Å². The highest BCUT2D eigenvalue weighted by Gasteiger charge is 2.42. The van der Waals surface area contributed by atoms with Crippen molar-refractivity contribution in [3.05, 3.63) is 11.6 Å². The minimum Gasteiger partial charge on any atom is -0.381 e. The van der Waals surface area contributed by atoms with E-state index in [1.165, 1.54) is 19.3 Å². The molecular weight excluding hydrogens is 306 g/mol. The number of fused-ring (bicyclic) bond motifs is 1. The highest BCUT2D eigenvalue weighted by atomic mass is 16.5. The average Bonchev–Trinajstić information content (AvgIpc) is 3.27. The molecule has 7 heteroatoms. The fourth-order valence-corrected chi connectivity index (χ4v) is 4.20. The number of ether oxygens (including phenoxy) is 1. The molecule has 0 aliphatic carbocycles. The number of hydrogen-bond donors (Lipinski definition) is 1. The van der Waals surface area contributed by atoms with Crippen LogP contribution in [0.2, 0.25) is 0 Å². The van der Waals surface area contributed by atoms with Gasteiger partial charge in [-0.25, -0.2) is 4.79 Å². The van der Waals surface area contributed by atoms with Crippen LogP contribution in [0.25, 0.3) is 0 Å². The van der Waals surface area contributed by atoms with Crippen LogP contribution < -0.4 is 5.32 Å². The summed E-state index contributed by atoms with van der Waals surface area (Å²) >= 11 is 0. The van der Waals surface area contributed by atoms with E-state index >= 15 is 0 Å². The average molecular weight is 333 g/mol. The van der Waals surface area contributed by atoms with Gasteiger partial charge in [-0.05, 0) is 25.7 Å². The van der Waals surface area contributed by atoms with Crippen molar-refractivity contribution in [2.75, 3.05) is 32.8 Å². The molecule has 0 unspecified atom stereocenters. The molecule has 2 fully saturated rings. The summed E-state index contributed by atoms with van der Waals surface area (Å²) in [6, 6.07) is 0.0504. The summed E-state index contributed by atoms with van der Waals surface area (Å²) in [7, 11) is 0. The molecule has 2 amide bonds. The van der Waals surface area contributed by atoms with E-state index in [2.05, 4.69) is 20.1 Å². The molecule has 1 spiro atoms. The van der Waals surface area contributed by atoms with Gasteiger partial charge >= 0.3 is 6.03 Å². The highest BCUT2D eigenvalue weighted by molar-refractivity contribution is 5.74. The number of rotatable bonds is 3. The van der Waals surface area contributed by atoms with E-state index in [1.54, 1.807) is 0 Å². The quantitative estimate of drug-likeness (QED) is 0.907. The van der Waals surface area contributed by atoms with Crippen molar-refractivity contribution in [2.24, 2.45) is 5.41 Å². The van der Waals surface area contributed by atoms with Crippen molar-refractivity contribution < 1.29 is 9.53 Å². The van der Waals surface area contributed by atoms with Gasteiger partial charge in [0.15, 0.2) is 0 Å². The van der Waals surface area contributed by atoms with Gasteiger partial charge in [0, 0.05) is 51.0 Å². The van der Waals surface area contributed by atoms with E-state index < -0.39 is 0 Å². The number of urea groups is 1. The second-order valence-corrected chi connectivity index (χ2v) is 7.45. The molecule has 7 nitrogen and oxygen atoms in total. The summed E-state index contributed by atoms with van der Waals surface area (Å²) in [5.41, 5.74) is 0.224. The SMILES string of the molecule is O=C(NCCc1nnc2n1CCCCC2)N1CC[C@]2(CCOC2)C1. The maximum absolute atomic E-state index is 12.4. The second-order valence-electron chi connectivity index (χ2n) is 7.45. The Labute approximate surface area is 142 Å². The number of nitrogens with one attached hydrogen (secondary N) is 1. The Bertz CT molecular complexity index is 594. The number of aromatic nitrogens is 3. The summed E-state index contributed by atoms with van der Waals surface area (Å²) in [6.45, 7) is 4.96. The van der Waals surface area contributed by atoms with Crippen LogP contribution in [0.3, 0.4) is 0 Å². The molecule has 1 aromatic heterocycles. The molecular formula is C17H27N5O2. The number of aryl methyl sites for hydroxylation is 1. The van der Waals surface area contributed by atoms with Crippen LogP contribution in [0.5, 0.6) is 0 Å². The van der Waals surface area contributed by atoms with Crippen molar-refractivity contribution in [1.82, 2.24) is 25.0 Å². The fourth-order valence-electron chi connectivity index (χ4n) is 4.20. The smallest absolute Gasteiger partial charge is 0.317 e. The number of nitrogens with zero attached hydrogens (tertiary/aromatic N) is 4. The summed E-state index contributed by atoms with van der Waals surface area (Å²) < 4.78 is 7.78. The van der Waals surface area contributed by atoms with Crippen LogP contribution in [0.4, 0.5) is 4.79 Å². The molecule has 0 saturated carbocycles. The molecule has 3 aliphatic heterocycles. The molecule has 0 radical (unpaired) electrons. The van der Waals surface area contributed by atoms with E-state index in [1.807, 2.05) is 4.90 Å². The number of hydrogen-bond acceptors (Lipinski definition) is 4. The first-order valence-corrected chi connectivity index (χ1v) is 9.27. The van der Waals surface area contributed by atoms with Gasteiger partial charge < -0.3 is 19.5 Å². The minimum atomic E-state index is 0.0504. The Morgan fingerprint density at radius 2 is 2.17 bits per heavy atom. The number of likely N-dealkylation sites (tertiary alicyclic amines) is 1. The van der Waals surface area contributed by atoms with Gasteiger partial charge in [-0.1, -0.05) is 6.42 Å². The molecule has 0 bridgehead atoms. The lowest BCUT2D eigenvalue weighted by molar-refractivity contribution is 0.152. The third-order valence-electron chi connectivity index (χ3n) is 5.72. The van der Waals surface area contributed by atoms with E-state index in [0.29, 0.717) is 6.54 Å². The largest absolute Gasteiger partial charge is 0.381 e. The first-order valence-electron chi connectivity index (χ1n) is 9.27. The first kappa shape index (κ1) is 15.9. The molecule has 24 heavy (non-hydrogen) atoms. The van der Waals surface area contributed by atoms with E-state index in [-0.39, 0.29) is 11.4 Å². The molecule has 2 saturated heterocycles. The fraction of sp³-hybridized carbons (Fsp3) is 0.824. The van der Waals surface area contributed by atoms with Crippen LogP contribution in [-0.4, -0.2) is 58.5 Å².